The van der Waals surface area contributed by atoms with Gasteiger partial charge in [-0.15, -0.1) is 0 Å². The van der Waals surface area contributed by atoms with Gasteiger partial charge in [0.05, 0.1) is 10.8 Å². The monoisotopic (exact) mass is 309 g/mol. The van der Waals surface area contributed by atoms with Crippen molar-refractivity contribution >= 4 is 28.9 Å². The molecule has 1 aromatic rings. The molecule has 2 saturated carbocycles. The first-order chi connectivity index (χ1) is 9.97. The van der Waals surface area contributed by atoms with Crippen molar-refractivity contribution in [1.29, 1.82) is 0 Å². The first-order valence-electron chi connectivity index (χ1n) is 6.97. The molecule has 3 rings (SSSR count). The molecule has 21 heavy (non-hydrogen) atoms. The number of nitrogens with zero attached hydrogens (tertiary/aromatic N) is 1. The Morgan fingerprint density at radius 3 is 2.71 bits per heavy atom. The van der Waals surface area contributed by atoms with Crippen LogP contribution in [0.25, 0.3) is 0 Å². The molecule has 2 aliphatic rings. The third-order valence-electron chi connectivity index (χ3n) is 4.70. The lowest BCUT2D eigenvalue weighted by atomic mass is 9.84. The summed E-state index contributed by atoms with van der Waals surface area (Å²) in [6.45, 7) is 0. The van der Waals surface area contributed by atoms with Gasteiger partial charge in [0.15, 0.2) is 0 Å². The van der Waals surface area contributed by atoms with E-state index in [0.717, 1.165) is 19.3 Å². The van der Waals surface area contributed by atoms with E-state index >= 15 is 0 Å². The summed E-state index contributed by atoms with van der Waals surface area (Å²) in [4.78, 5) is 22.9. The Morgan fingerprint density at radius 2 is 2.10 bits per heavy atom. The quantitative estimate of drug-likeness (QED) is 0.662. The topological polar surface area (TPSA) is 98.3 Å². The number of benzene rings is 1. The summed E-state index contributed by atoms with van der Waals surface area (Å²) in [5.41, 5.74) is 6.09. The van der Waals surface area contributed by atoms with Crippen LogP contribution in [0.15, 0.2) is 18.2 Å². The van der Waals surface area contributed by atoms with Crippen molar-refractivity contribution in [2.75, 3.05) is 5.32 Å². The van der Waals surface area contributed by atoms with E-state index in [2.05, 4.69) is 5.32 Å². The molecule has 0 aromatic heterocycles. The SMILES string of the molecule is NC1C2CCC(C2)C1C(=O)Nc1ccc(Cl)cc1[N+](=O)[O-]. The largest absolute Gasteiger partial charge is 0.327 e. The van der Waals surface area contributed by atoms with Gasteiger partial charge < -0.3 is 11.1 Å². The maximum atomic E-state index is 12.4. The van der Waals surface area contributed by atoms with Gasteiger partial charge in [0.2, 0.25) is 5.91 Å². The molecular weight excluding hydrogens is 294 g/mol. The summed E-state index contributed by atoms with van der Waals surface area (Å²) in [5.74, 6) is 0.237. The Bertz CT molecular complexity index is 605. The van der Waals surface area contributed by atoms with Gasteiger partial charge in [0.25, 0.3) is 5.69 Å². The second kappa shape index (κ2) is 5.27. The van der Waals surface area contributed by atoms with E-state index in [0.29, 0.717) is 11.8 Å². The molecule has 6 nitrogen and oxygen atoms in total. The van der Waals surface area contributed by atoms with Gasteiger partial charge in [-0.25, -0.2) is 0 Å². The molecule has 2 fully saturated rings. The van der Waals surface area contributed by atoms with Crippen LogP contribution in [-0.4, -0.2) is 16.9 Å². The molecule has 4 unspecified atom stereocenters. The van der Waals surface area contributed by atoms with Crippen LogP contribution in [0, 0.1) is 27.9 Å². The lowest BCUT2D eigenvalue weighted by Crippen LogP contribution is -2.42. The van der Waals surface area contributed by atoms with Crippen molar-refractivity contribution in [3.8, 4) is 0 Å². The highest BCUT2D eigenvalue weighted by atomic mass is 35.5. The first-order valence-corrected chi connectivity index (χ1v) is 7.35. The number of halogens is 1. The third kappa shape index (κ3) is 2.49. The van der Waals surface area contributed by atoms with Gasteiger partial charge in [0.1, 0.15) is 5.69 Å². The van der Waals surface area contributed by atoms with Crippen LogP contribution >= 0.6 is 11.6 Å². The van der Waals surface area contributed by atoms with Crippen LogP contribution in [0.4, 0.5) is 11.4 Å². The van der Waals surface area contributed by atoms with Crippen molar-refractivity contribution in [2.24, 2.45) is 23.5 Å². The number of nitrogens with two attached hydrogens (primary N) is 1. The van der Waals surface area contributed by atoms with Crippen molar-refractivity contribution in [3.63, 3.8) is 0 Å². The van der Waals surface area contributed by atoms with Gasteiger partial charge >= 0.3 is 0 Å². The van der Waals surface area contributed by atoms with Crippen molar-refractivity contribution < 1.29 is 9.72 Å². The first kappa shape index (κ1) is 14.3. The molecule has 2 aliphatic carbocycles. The number of nitro groups is 1. The predicted molar refractivity (Wildman–Crippen MR) is 79.0 cm³/mol. The highest BCUT2D eigenvalue weighted by Crippen LogP contribution is 2.48. The number of fused-ring (bicyclic) bond motifs is 2. The lowest BCUT2D eigenvalue weighted by Gasteiger charge is -2.26. The fourth-order valence-electron chi connectivity index (χ4n) is 3.70. The molecule has 7 heteroatoms. The lowest BCUT2D eigenvalue weighted by molar-refractivity contribution is -0.383. The minimum atomic E-state index is -0.553. The van der Waals surface area contributed by atoms with Gasteiger partial charge in [-0.3, -0.25) is 14.9 Å². The smallest absolute Gasteiger partial charge is 0.294 e. The van der Waals surface area contributed by atoms with Crippen LogP contribution in [0.2, 0.25) is 5.02 Å². The molecule has 0 spiro atoms. The van der Waals surface area contributed by atoms with Crippen LogP contribution in [0.5, 0.6) is 0 Å². The summed E-state index contributed by atoms with van der Waals surface area (Å²) in [5, 5.41) is 14.0. The van der Waals surface area contributed by atoms with Crippen molar-refractivity contribution in [1.82, 2.24) is 0 Å². The van der Waals surface area contributed by atoms with E-state index in [1.807, 2.05) is 0 Å². The van der Waals surface area contributed by atoms with Crippen molar-refractivity contribution in [2.45, 2.75) is 25.3 Å². The second-order valence-electron chi connectivity index (χ2n) is 5.84. The van der Waals surface area contributed by atoms with Crippen LogP contribution in [0.3, 0.4) is 0 Å². The van der Waals surface area contributed by atoms with Gasteiger partial charge in [0, 0.05) is 17.1 Å². The number of carbonyl (C=O) groups excluding carboxylic acids is 1. The summed E-state index contributed by atoms with van der Waals surface area (Å²) < 4.78 is 0. The molecule has 112 valence electrons. The Morgan fingerprint density at radius 1 is 1.38 bits per heavy atom. The molecular formula is C14H16ClN3O3. The standard InChI is InChI=1S/C14H16ClN3O3/c15-9-3-4-10(11(6-9)18(20)21)17-14(19)12-7-1-2-8(5-7)13(12)16/h3-4,6-8,12-13H,1-2,5,16H2,(H,17,19). The summed E-state index contributed by atoms with van der Waals surface area (Å²) in [6.07, 6.45) is 3.08. The summed E-state index contributed by atoms with van der Waals surface area (Å²) >= 11 is 5.76. The van der Waals surface area contributed by atoms with E-state index in [9.17, 15) is 14.9 Å². The Kier molecular flexibility index (Phi) is 3.59. The van der Waals surface area contributed by atoms with Gasteiger partial charge in [-0.1, -0.05) is 11.6 Å². The molecule has 2 bridgehead atoms. The van der Waals surface area contributed by atoms with Crippen molar-refractivity contribution in [3.05, 3.63) is 33.3 Å². The second-order valence-corrected chi connectivity index (χ2v) is 6.28. The van der Waals surface area contributed by atoms with Crippen LogP contribution in [0.1, 0.15) is 19.3 Å². The maximum Gasteiger partial charge on any atom is 0.294 e. The van der Waals surface area contributed by atoms with E-state index in [1.165, 1.54) is 18.2 Å². The average Bonchev–Trinajstić information content (AvgIpc) is 3.01. The molecule has 4 atom stereocenters. The minimum absolute atomic E-state index is 0.143. The molecule has 0 aliphatic heterocycles. The molecule has 0 saturated heterocycles. The summed E-state index contributed by atoms with van der Waals surface area (Å²) in [7, 11) is 0. The molecule has 3 N–H and O–H groups in total. The number of carbonyl (C=O) groups is 1. The number of amides is 1. The zero-order valence-corrected chi connectivity index (χ0v) is 12.0. The number of rotatable bonds is 3. The number of hydrogen-bond donors (Lipinski definition) is 2. The number of nitrogens with one attached hydrogen (secondary N) is 1. The van der Waals surface area contributed by atoms with Gasteiger partial charge in [-0.2, -0.15) is 0 Å². The molecule has 1 amide bonds. The highest BCUT2D eigenvalue weighted by Gasteiger charge is 2.49. The number of nitro benzene ring substituents is 1. The highest BCUT2D eigenvalue weighted by molar-refractivity contribution is 6.31. The summed E-state index contributed by atoms with van der Waals surface area (Å²) in [6, 6.07) is 4.06. The zero-order valence-electron chi connectivity index (χ0n) is 11.3. The molecule has 0 radical (unpaired) electrons. The number of hydrogen-bond acceptors (Lipinski definition) is 4. The maximum absolute atomic E-state index is 12.4. The van der Waals surface area contributed by atoms with E-state index < -0.39 is 4.92 Å². The van der Waals surface area contributed by atoms with Gasteiger partial charge in [-0.05, 0) is 43.2 Å². The van der Waals surface area contributed by atoms with E-state index in [-0.39, 0.29) is 34.3 Å². The number of anilines is 1. The minimum Gasteiger partial charge on any atom is -0.327 e. The van der Waals surface area contributed by atoms with Crippen LogP contribution < -0.4 is 11.1 Å². The Balaban J connectivity index is 1.81. The Labute approximate surface area is 126 Å². The predicted octanol–water partition coefficient (Wildman–Crippen LogP) is 2.56. The third-order valence-corrected chi connectivity index (χ3v) is 4.93. The Hall–Kier alpha value is -1.66. The average molecular weight is 310 g/mol. The fourth-order valence-corrected chi connectivity index (χ4v) is 3.87. The normalized spacial score (nSPS) is 30.4. The van der Waals surface area contributed by atoms with Crippen LogP contribution in [-0.2, 0) is 4.79 Å². The molecule has 0 heterocycles. The fraction of sp³-hybridized carbons (Fsp3) is 0.500. The zero-order chi connectivity index (χ0) is 15.1. The molecule has 1 aromatic carbocycles. The van der Waals surface area contributed by atoms with E-state index in [1.54, 1.807) is 0 Å². The van der Waals surface area contributed by atoms with E-state index in [4.69, 9.17) is 17.3 Å².